The average molecular weight is 228 g/mol. The number of benzene rings is 1. The third-order valence-electron chi connectivity index (χ3n) is 2.56. The summed E-state index contributed by atoms with van der Waals surface area (Å²) in [6.07, 6.45) is 3.44. The van der Waals surface area contributed by atoms with Crippen LogP contribution in [0.25, 0.3) is 0 Å². The number of pyridine rings is 1. The van der Waals surface area contributed by atoms with Gasteiger partial charge in [0, 0.05) is 12.7 Å². The first kappa shape index (κ1) is 11.6. The van der Waals surface area contributed by atoms with Crippen molar-refractivity contribution in [2.24, 2.45) is 5.73 Å². The first-order valence-electron chi connectivity index (χ1n) is 5.58. The summed E-state index contributed by atoms with van der Waals surface area (Å²) in [5.41, 5.74) is 8.87. The molecule has 0 saturated heterocycles. The Morgan fingerprint density at radius 2 is 2.00 bits per heavy atom. The average Bonchev–Trinajstić information content (AvgIpc) is 2.33. The van der Waals surface area contributed by atoms with E-state index in [0.29, 0.717) is 6.54 Å². The van der Waals surface area contributed by atoms with Gasteiger partial charge in [-0.3, -0.25) is 4.98 Å². The van der Waals surface area contributed by atoms with E-state index in [9.17, 15) is 0 Å². The maximum atomic E-state index is 5.79. The largest absolute Gasteiger partial charge is 0.455 e. The Morgan fingerprint density at radius 1 is 1.18 bits per heavy atom. The van der Waals surface area contributed by atoms with Crippen LogP contribution in [0.15, 0.2) is 36.7 Å². The molecule has 3 heteroatoms. The number of rotatable bonds is 3. The molecule has 0 spiro atoms. The quantitative estimate of drug-likeness (QED) is 0.878. The number of nitrogens with zero attached hydrogens (tertiary/aromatic N) is 1. The van der Waals surface area contributed by atoms with Gasteiger partial charge in [-0.2, -0.15) is 0 Å². The van der Waals surface area contributed by atoms with E-state index < -0.39 is 0 Å². The van der Waals surface area contributed by atoms with Crippen LogP contribution in [0.2, 0.25) is 0 Å². The van der Waals surface area contributed by atoms with Crippen molar-refractivity contribution in [3.63, 3.8) is 0 Å². The molecule has 1 aromatic heterocycles. The molecular weight excluding hydrogens is 212 g/mol. The number of hydrogen-bond acceptors (Lipinski definition) is 3. The molecule has 0 aliphatic carbocycles. The van der Waals surface area contributed by atoms with Crippen LogP contribution in [0, 0.1) is 13.8 Å². The molecule has 0 aliphatic heterocycles. The Hall–Kier alpha value is -1.87. The fourth-order valence-corrected chi connectivity index (χ4v) is 1.67. The summed E-state index contributed by atoms with van der Waals surface area (Å²) in [6.45, 7) is 4.56. The molecule has 2 N–H and O–H groups in total. The van der Waals surface area contributed by atoms with E-state index in [0.717, 1.165) is 22.6 Å². The van der Waals surface area contributed by atoms with Crippen molar-refractivity contribution >= 4 is 0 Å². The fourth-order valence-electron chi connectivity index (χ4n) is 1.67. The highest BCUT2D eigenvalue weighted by atomic mass is 16.5. The van der Waals surface area contributed by atoms with E-state index in [1.807, 2.05) is 25.1 Å². The van der Waals surface area contributed by atoms with E-state index in [-0.39, 0.29) is 0 Å². The second-order valence-corrected chi connectivity index (χ2v) is 4.10. The highest BCUT2D eigenvalue weighted by Crippen LogP contribution is 2.25. The smallest absolute Gasteiger partial charge is 0.146 e. The van der Waals surface area contributed by atoms with Crippen molar-refractivity contribution in [2.45, 2.75) is 20.4 Å². The predicted molar refractivity (Wildman–Crippen MR) is 68.1 cm³/mol. The lowest BCUT2D eigenvalue weighted by Crippen LogP contribution is -1.97. The Morgan fingerprint density at radius 3 is 2.71 bits per heavy atom. The zero-order valence-corrected chi connectivity index (χ0v) is 10.1. The molecule has 0 saturated carbocycles. The molecular formula is C14H16N2O. The van der Waals surface area contributed by atoms with Gasteiger partial charge in [0.1, 0.15) is 11.5 Å². The molecule has 0 bridgehead atoms. The lowest BCUT2D eigenvalue weighted by atomic mass is 10.1. The van der Waals surface area contributed by atoms with E-state index in [4.69, 9.17) is 10.5 Å². The van der Waals surface area contributed by atoms with Gasteiger partial charge in [0.15, 0.2) is 0 Å². The molecule has 2 rings (SSSR count). The normalized spacial score (nSPS) is 10.3. The third kappa shape index (κ3) is 2.82. The van der Waals surface area contributed by atoms with Gasteiger partial charge in [0.25, 0.3) is 0 Å². The summed E-state index contributed by atoms with van der Waals surface area (Å²) in [4.78, 5) is 4.09. The molecule has 0 unspecified atom stereocenters. The van der Waals surface area contributed by atoms with Crippen LogP contribution < -0.4 is 10.5 Å². The highest BCUT2D eigenvalue weighted by molar-refractivity contribution is 5.39. The Labute approximate surface area is 101 Å². The minimum absolute atomic E-state index is 0.469. The Balaban J connectivity index is 2.25. The minimum Gasteiger partial charge on any atom is -0.455 e. The zero-order chi connectivity index (χ0) is 12.3. The number of aromatic nitrogens is 1. The molecule has 0 aliphatic rings. The van der Waals surface area contributed by atoms with Gasteiger partial charge in [0.05, 0.1) is 6.20 Å². The molecule has 17 heavy (non-hydrogen) atoms. The van der Waals surface area contributed by atoms with Gasteiger partial charge in [-0.25, -0.2) is 0 Å². The van der Waals surface area contributed by atoms with E-state index in [1.165, 1.54) is 5.56 Å². The second-order valence-electron chi connectivity index (χ2n) is 4.10. The van der Waals surface area contributed by atoms with E-state index in [2.05, 4.69) is 18.0 Å². The lowest BCUT2D eigenvalue weighted by Gasteiger charge is -2.09. The maximum absolute atomic E-state index is 5.79. The van der Waals surface area contributed by atoms with Crippen molar-refractivity contribution in [3.8, 4) is 11.5 Å². The summed E-state index contributed by atoms with van der Waals surface area (Å²) >= 11 is 0. The van der Waals surface area contributed by atoms with Crippen LogP contribution in [0.5, 0.6) is 11.5 Å². The van der Waals surface area contributed by atoms with Gasteiger partial charge in [-0.1, -0.05) is 17.7 Å². The molecule has 0 fully saturated rings. The van der Waals surface area contributed by atoms with Gasteiger partial charge < -0.3 is 10.5 Å². The van der Waals surface area contributed by atoms with Crippen LogP contribution in [0.3, 0.4) is 0 Å². The Kier molecular flexibility index (Phi) is 3.40. The zero-order valence-electron chi connectivity index (χ0n) is 10.1. The maximum Gasteiger partial charge on any atom is 0.146 e. The van der Waals surface area contributed by atoms with Gasteiger partial charge in [0.2, 0.25) is 0 Å². The predicted octanol–water partition coefficient (Wildman–Crippen LogP) is 2.95. The van der Waals surface area contributed by atoms with Crippen LogP contribution in [0.1, 0.15) is 16.7 Å². The van der Waals surface area contributed by atoms with Gasteiger partial charge >= 0.3 is 0 Å². The number of ether oxygens (including phenoxy) is 1. The Bertz CT molecular complexity index is 523. The third-order valence-corrected chi connectivity index (χ3v) is 2.56. The van der Waals surface area contributed by atoms with E-state index in [1.54, 1.807) is 12.4 Å². The van der Waals surface area contributed by atoms with Crippen LogP contribution in [-0.2, 0) is 6.54 Å². The molecule has 1 heterocycles. The fraction of sp³-hybridized carbons (Fsp3) is 0.214. The van der Waals surface area contributed by atoms with Gasteiger partial charge in [-0.15, -0.1) is 0 Å². The van der Waals surface area contributed by atoms with Crippen molar-refractivity contribution < 1.29 is 4.74 Å². The van der Waals surface area contributed by atoms with Crippen molar-refractivity contribution in [2.75, 3.05) is 0 Å². The van der Waals surface area contributed by atoms with Crippen LogP contribution >= 0.6 is 0 Å². The standard InChI is InChI=1S/C14H16N2O/c1-10-3-4-14(11(2)5-10)17-13-6-12(7-15)8-16-9-13/h3-6,8-9H,7,15H2,1-2H3. The molecule has 3 nitrogen and oxygen atoms in total. The lowest BCUT2D eigenvalue weighted by molar-refractivity contribution is 0.475. The van der Waals surface area contributed by atoms with Crippen molar-refractivity contribution in [1.29, 1.82) is 0 Å². The molecule has 2 aromatic rings. The summed E-state index contributed by atoms with van der Waals surface area (Å²) in [5.74, 6) is 1.58. The van der Waals surface area contributed by atoms with Crippen LogP contribution in [-0.4, -0.2) is 4.98 Å². The summed E-state index contributed by atoms with van der Waals surface area (Å²) < 4.78 is 5.79. The van der Waals surface area contributed by atoms with E-state index >= 15 is 0 Å². The SMILES string of the molecule is Cc1ccc(Oc2cncc(CN)c2)c(C)c1. The first-order valence-corrected chi connectivity index (χ1v) is 5.58. The summed E-state index contributed by atoms with van der Waals surface area (Å²) in [7, 11) is 0. The molecule has 0 radical (unpaired) electrons. The molecule has 0 amide bonds. The summed E-state index contributed by atoms with van der Waals surface area (Å²) in [5, 5.41) is 0. The molecule has 88 valence electrons. The topological polar surface area (TPSA) is 48.1 Å². The molecule has 0 atom stereocenters. The highest BCUT2D eigenvalue weighted by Gasteiger charge is 2.02. The minimum atomic E-state index is 0.469. The number of hydrogen-bond donors (Lipinski definition) is 1. The summed E-state index contributed by atoms with van der Waals surface area (Å²) in [6, 6.07) is 8.00. The number of aryl methyl sites for hydroxylation is 2. The monoisotopic (exact) mass is 228 g/mol. The molecule has 1 aromatic carbocycles. The van der Waals surface area contributed by atoms with Crippen molar-refractivity contribution in [1.82, 2.24) is 4.98 Å². The first-order chi connectivity index (χ1) is 8.19. The second kappa shape index (κ2) is 4.97. The van der Waals surface area contributed by atoms with Gasteiger partial charge in [-0.05, 0) is 37.1 Å². The van der Waals surface area contributed by atoms with Crippen LogP contribution in [0.4, 0.5) is 0 Å². The number of nitrogens with two attached hydrogens (primary N) is 1. The van der Waals surface area contributed by atoms with Crippen molar-refractivity contribution in [3.05, 3.63) is 53.3 Å².